The maximum atomic E-state index is 14.4. The van der Waals surface area contributed by atoms with Crippen LogP contribution in [0.25, 0.3) is 20.9 Å². The number of aromatic nitrogens is 1. The van der Waals surface area contributed by atoms with Gasteiger partial charge in [0.25, 0.3) is 5.91 Å². The molecule has 3 atom stereocenters. The van der Waals surface area contributed by atoms with Gasteiger partial charge in [-0.05, 0) is 55.2 Å². The molecule has 1 saturated heterocycles. The Bertz CT molecular complexity index is 1420. The maximum Gasteiger partial charge on any atom is 0.258 e. The van der Waals surface area contributed by atoms with E-state index in [0.717, 1.165) is 16.1 Å². The van der Waals surface area contributed by atoms with Gasteiger partial charge in [0, 0.05) is 36.5 Å². The molecule has 0 spiro atoms. The Hall–Kier alpha value is -3.74. The molecule has 1 saturated carbocycles. The number of aryl methyl sites for hydroxylation is 1. The monoisotopic (exact) mass is 629 g/mol. The van der Waals surface area contributed by atoms with Crippen molar-refractivity contribution >= 4 is 29.1 Å². The molecule has 1 aliphatic carbocycles. The van der Waals surface area contributed by atoms with E-state index in [4.69, 9.17) is 10.3 Å². The van der Waals surface area contributed by atoms with Crippen molar-refractivity contribution in [2.75, 3.05) is 19.7 Å². The highest BCUT2D eigenvalue weighted by molar-refractivity contribution is 7.13. The number of ether oxygens (including phenoxy) is 1. The molecule has 2 aliphatic rings. The van der Waals surface area contributed by atoms with Crippen LogP contribution in [-0.2, 0) is 20.9 Å². The summed E-state index contributed by atoms with van der Waals surface area (Å²) in [6.45, 7) is 7.97. The summed E-state index contributed by atoms with van der Waals surface area (Å²) in [4.78, 5) is 49.0. The average Bonchev–Trinajstić information content (AvgIpc) is 3.38. The first-order valence-corrected chi connectivity index (χ1v) is 15.6. The molecular formula is C30H40FN7O5S. The molecule has 4 rings (SSSR count). The number of carbonyl (C=O) groups is 3. The van der Waals surface area contributed by atoms with E-state index in [1.807, 2.05) is 25.1 Å². The number of rotatable bonds is 13. The molecule has 2 fully saturated rings. The number of azide groups is 1. The third-order valence-electron chi connectivity index (χ3n) is 7.85. The van der Waals surface area contributed by atoms with Crippen molar-refractivity contribution in [2.24, 2.45) is 10.5 Å². The lowest BCUT2D eigenvalue weighted by Gasteiger charge is -2.35. The van der Waals surface area contributed by atoms with Crippen LogP contribution < -0.4 is 15.4 Å². The number of β-amino-alcohol motifs (C(OH)–C–C–N with tert-alkyl or cyclic N) is 1. The highest BCUT2D eigenvalue weighted by atomic mass is 32.1. The molecule has 2 aromatic rings. The summed E-state index contributed by atoms with van der Waals surface area (Å²) >= 11 is 1.51. The van der Waals surface area contributed by atoms with Crippen LogP contribution >= 0.6 is 11.3 Å². The van der Waals surface area contributed by atoms with Crippen LogP contribution in [0.4, 0.5) is 4.39 Å². The molecule has 3 amide bonds. The van der Waals surface area contributed by atoms with Crippen LogP contribution in [0.5, 0.6) is 5.75 Å². The Morgan fingerprint density at radius 1 is 1.32 bits per heavy atom. The number of nitrogens with one attached hydrogen (secondary N) is 2. The van der Waals surface area contributed by atoms with Gasteiger partial charge in [-0.2, -0.15) is 0 Å². The summed E-state index contributed by atoms with van der Waals surface area (Å²) in [5.41, 5.74) is 10.1. The molecular weight excluding hydrogens is 589 g/mol. The zero-order valence-corrected chi connectivity index (χ0v) is 26.3. The van der Waals surface area contributed by atoms with Gasteiger partial charge in [-0.3, -0.25) is 14.4 Å². The fourth-order valence-electron chi connectivity index (χ4n) is 5.08. The second-order valence-corrected chi connectivity index (χ2v) is 13.3. The van der Waals surface area contributed by atoms with E-state index in [-0.39, 0.29) is 32.4 Å². The van der Waals surface area contributed by atoms with E-state index in [1.165, 1.54) is 16.2 Å². The Morgan fingerprint density at radius 3 is 2.70 bits per heavy atom. The van der Waals surface area contributed by atoms with Gasteiger partial charge in [-0.1, -0.05) is 38.0 Å². The molecule has 1 aromatic carbocycles. The zero-order chi connectivity index (χ0) is 32.1. The summed E-state index contributed by atoms with van der Waals surface area (Å²) in [5.74, 6) is -1.25. The van der Waals surface area contributed by atoms with E-state index in [0.29, 0.717) is 37.3 Å². The van der Waals surface area contributed by atoms with E-state index < -0.39 is 47.0 Å². The first-order chi connectivity index (χ1) is 20.8. The van der Waals surface area contributed by atoms with Gasteiger partial charge in [0.1, 0.15) is 17.8 Å². The highest BCUT2D eigenvalue weighted by Gasteiger charge is 2.53. The first kappa shape index (κ1) is 33.2. The Balaban J connectivity index is 1.47. The number of thiazole rings is 1. The molecule has 238 valence electrons. The van der Waals surface area contributed by atoms with Crippen molar-refractivity contribution in [2.45, 2.75) is 90.2 Å². The number of hydrogen-bond donors (Lipinski definition) is 3. The van der Waals surface area contributed by atoms with Gasteiger partial charge >= 0.3 is 0 Å². The maximum absolute atomic E-state index is 14.4. The van der Waals surface area contributed by atoms with Gasteiger partial charge in [0.2, 0.25) is 11.8 Å². The topological polar surface area (TPSA) is 170 Å². The lowest BCUT2D eigenvalue weighted by Crippen LogP contribution is -2.59. The number of aliphatic hydroxyl groups excluding tert-OH is 1. The summed E-state index contributed by atoms with van der Waals surface area (Å²) in [6, 6.07) is 3.65. The van der Waals surface area contributed by atoms with Crippen LogP contribution in [0.2, 0.25) is 0 Å². The minimum absolute atomic E-state index is 0.0353. The minimum atomic E-state index is -1.95. The Labute approximate surface area is 260 Å². The number of unbranched alkanes of at least 4 members (excludes halogenated alkanes) is 1. The molecule has 0 unspecified atom stereocenters. The average molecular weight is 630 g/mol. The number of nitrogens with zero attached hydrogens (tertiary/aromatic N) is 5. The normalized spacial score (nSPS) is 19.5. The number of halogens is 1. The summed E-state index contributed by atoms with van der Waals surface area (Å²) in [5, 5.41) is 19.4. The number of alkyl halides is 1. The van der Waals surface area contributed by atoms with Gasteiger partial charge < -0.3 is 25.4 Å². The number of aliphatic hydroxyl groups is 1. The molecule has 0 bridgehead atoms. The van der Waals surface area contributed by atoms with Crippen LogP contribution in [0.1, 0.15) is 64.1 Å². The summed E-state index contributed by atoms with van der Waals surface area (Å²) in [7, 11) is 0. The summed E-state index contributed by atoms with van der Waals surface area (Å²) in [6.07, 6.45) is 0.676. The second kappa shape index (κ2) is 13.9. The molecule has 0 radical (unpaired) electrons. The van der Waals surface area contributed by atoms with Gasteiger partial charge in [0.15, 0.2) is 5.67 Å². The minimum Gasteiger partial charge on any atom is -0.493 e. The van der Waals surface area contributed by atoms with E-state index in [2.05, 4.69) is 25.6 Å². The molecule has 2 heterocycles. The zero-order valence-electron chi connectivity index (χ0n) is 25.5. The molecule has 44 heavy (non-hydrogen) atoms. The third-order valence-corrected chi connectivity index (χ3v) is 8.83. The molecule has 12 nitrogen and oxygen atoms in total. The van der Waals surface area contributed by atoms with Crippen molar-refractivity contribution < 1.29 is 28.6 Å². The number of hydrogen-bond acceptors (Lipinski definition) is 8. The van der Waals surface area contributed by atoms with Crippen molar-refractivity contribution in [1.29, 1.82) is 0 Å². The number of carbonyl (C=O) groups excluding carboxylic acids is 3. The first-order valence-electron chi connectivity index (χ1n) is 14.8. The number of amides is 3. The Kier molecular flexibility index (Phi) is 10.5. The quantitative estimate of drug-likeness (QED) is 0.130. The SMILES string of the molecule is Cc1ncsc1-c1ccc(CNC(=O)[C@@H]2C[C@@H](O)CN2C(=O)[C@@H](NC(=O)C2(F)CC2)C(C)(C)C)c(OCCCCN=[N+]=[N-])c1. The van der Waals surface area contributed by atoms with E-state index in [9.17, 15) is 23.9 Å². The lowest BCUT2D eigenvalue weighted by molar-refractivity contribution is -0.145. The third kappa shape index (κ3) is 8.04. The largest absolute Gasteiger partial charge is 0.493 e. The van der Waals surface area contributed by atoms with Crippen LogP contribution in [0, 0.1) is 12.3 Å². The predicted octanol–water partition coefficient (Wildman–Crippen LogP) is 4.20. The standard InChI is InChI=1S/C30H40FN7O5S/c1-18-24(44-17-34-18)19-7-8-20(23(13-19)43-12-6-5-11-35-37-32)15-33-26(40)22-14-21(39)16-38(22)27(41)25(29(2,3)4)36-28(42)30(31)9-10-30/h7-8,13,17,21-22,25,39H,5-6,9-12,14-16H2,1-4H3,(H,33,40)(H,36,42)/t21-,22+,25-/m1/s1. The predicted molar refractivity (Wildman–Crippen MR) is 163 cm³/mol. The molecule has 14 heteroatoms. The van der Waals surface area contributed by atoms with Crippen molar-refractivity contribution in [3.63, 3.8) is 0 Å². The fraction of sp³-hybridized carbons (Fsp3) is 0.600. The van der Waals surface area contributed by atoms with Gasteiger partial charge in [-0.15, -0.1) is 11.3 Å². The van der Waals surface area contributed by atoms with Gasteiger partial charge in [0.05, 0.1) is 28.8 Å². The van der Waals surface area contributed by atoms with Crippen LogP contribution in [-0.4, -0.2) is 76.3 Å². The lowest BCUT2D eigenvalue weighted by atomic mass is 9.85. The fourth-order valence-corrected chi connectivity index (χ4v) is 5.89. The van der Waals surface area contributed by atoms with E-state index in [1.54, 1.807) is 26.3 Å². The van der Waals surface area contributed by atoms with Crippen LogP contribution in [0.15, 0.2) is 28.8 Å². The molecule has 3 N–H and O–H groups in total. The van der Waals surface area contributed by atoms with Crippen LogP contribution in [0.3, 0.4) is 0 Å². The molecule has 1 aromatic heterocycles. The van der Waals surface area contributed by atoms with Crippen molar-refractivity contribution in [3.05, 3.63) is 45.4 Å². The Morgan fingerprint density at radius 2 is 2.07 bits per heavy atom. The number of benzene rings is 1. The van der Waals surface area contributed by atoms with E-state index >= 15 is 0 Å². The highest BCUT2D eigenvalue weighted by Crippen LogP contribution is 2.40. The molecule has 1 aliphatic heterocycles. The van der Waals surface area contributed by atoms with Crippen molar-refractivity contribution in [3.8, 4) is 16.2 Å². The van der Waals surface area contributed by atoms with Crippen molar-refractivity contribution in [1.82, 2.24) is 20.5 Å². The summed E-state index contributed by atoms with van der Waals surface area (Å²) < 4.78 is 20.5. The second-order valence-electron chi connectivity index (χ2n) is 12.5. The number of likely N-dealkylation sites (tertiary alicyclic amines) is 1. The van der Waals surface area contributed by atoms with Gasteiger partial charge in [-0.25, -0.2) is 9.37 Å². The smallest absolute Gasteiger partial charge is 0.258 e.